The highest BCUT2D eigenvalue weighted by Crippen LogP contribution is 2.45. The zero-order valence-corrected chi connectivity index (χ0v) is 23.5. The van der Waals surface area contributed by atoms with E-state index in [1.165, 1.54) is 32.0 Å². The molecular weight excluding hydrogens is 474 g/mol. The molecule has 6 rings (SSSR count). The van der Waals surface area contributed by atoms with Crippen LogP contribution >= 0.6 is 11.3 Å². The van der Waals surface area contributed by atoms with Crippen molar-refractivity contribution in [1.29, 1.82) is 0 Å². The normalized spacial score (nSPS) is 12.8. The number of benzene rings is 2. The molecule has 0 amide bonds. The minimum absolute atomic E-state index is 0.0220. The molecule has 4 aromatic heterocycles. The van der Waals surface area contributed by atoms with Gasteiger partial charge in [0.05, 0.1) is 15.3 Å². The number of thiophene rings is 1. The van der Waals surface area contributed by atoms with E-state index in [2.05, 4.69) is 90.9 Å². The fourth-order valence-electron chi connectivity index (χ4n) is 5.26. The molecule has 4 heterocycles. The maximum Gasteiger partial charge on any atom is 0.173 e. The molecule has 0 spiro atoms. The van der Waals surface area contributed by atoms with Crippen molar-refractivity contribution in [3.8, 4) is 21.9 Å². The summed E-state index contributed by atoms with van der Waals surface area (Å²) in [5.41, 5.74) is 6.55. The molecule has 188 valence electrons. The Bertz CT molecular complexity index is 1750. The minimum atomic E-state index is 0.0220. The van der Waals surface area contributed by atoms with E-state index in [9.17, 15) is 0 Å². The zero-order chi connectivity index (χ0) is 26.1. The molecule has 2 aromatic carbocycles. The molecule has 37 heavy (non-hydrogen) atoms. The van der Waals surface area contributed by atoms with Gasteiger partial charge < -0.3 is 8.83 Å². The van der Waals surface area contributed by atoms with Gasteiger partial charge in [-0.05, 0) is 63.2 Å². The van der Waals surface area contributed by atoms with Gasteiger partial charge >= 0.3 is 0 Å². The predicted molar refractivity (Wildman–Crippen MR) is 157 cm³/mol. The molecule has 0 aliphatic rings. The van der Waals surface area contributed by atoms with Crippen LogP contribution in [0, 0.1) is 12.3 Å². The molecule has 3 nitrogen and oxygen atoms in total. The molecule has 0 saturated heterocycles. The van der Waals surface area contributed by atoms with Gasteiger partial charge in [-0.1, -0.05) is 65.8 Å². The number of hydrogen-bond donors (Lipinski definition) is 0. The summed E-state index contributed by atoms with van der Waals surface area (Å²) < 4.78 is 13.6. The van der Waals surface area contributed by atoms with Crippen LogP contribution < -0.4 is 0 Å². The Kier molecular flexibility index (Phi) is 5.40. The van der Waals surface area contributed by atoms with Crippen molar-refractivity contribution in [1.82, 2.24) is 4.98 Å². The van der Waals surface area contributed by atoms with Crippen LogP contribution in [0.4, 0.5) is 0 Å². The highest BCUT2D eigenvalue weighted by atomic mass is 32.1. The molecule has 6 aromatic rings. The average molecular weight is 508 g/mol. The number of rotatable bonds is 3. The Morgan fingerprint density at radius 1 is 0.838 bits per heavy atom. The van der Waals surface area contributed by atoms with Crippen LogP contribution in [0.15, 0.2) is 69.6 Å². The molecule has 0 atom stereocenters. The van der Waals surface area contributed by atoms with Gasteiger partial charge in [0.25, 0.3) is 0 Å². The monoisotopic (exact) mass is 507 g/mol. The van der Waals surface area contributed by atoms with E-state index in [1.54, 1.807) is 11.3 Å². The lowest BCUT2D eigenvalue weighted by Gasteiger charge is -2.22. The first-order valence-electron chi connectivity index (χ1n) is 12.9. The maximum absolute atomic E-state index is 6.32. The largest absolute Gasteiger partial charge is 0.457 e. The van der Waals surface area contributed by atoms with Crippen LogP contribution in [0.5, 0.6) is 0 Å². The maximum atomic E-state index is 6.32. The molecular formula is C33H33NO2S. The molecule has 4 heteroatoms. The summed E-state index contributed by atoms with van der Waals surface area (Å²) in [5.74, 6) is 1.83. The van der Waals surface area contributed by atoms with Gasteiger partial charge in [-0.2, -0.15) is 0 Å². The second-order valence-electron chi connectivity index (χ2n) is 12.4. The van der Waals surface area contributed by atoms with Gasteiger partial charge in [0.1, 0.15) is 11.5 Å². The standard InChI is InChI=1S/C33H33NO2S/c1-19-23-12-13-34-29(21-14-20-10-8-9-11-24(20)25(15-21)33(5,6)7)31(23)37-30(19)28-17-27-26(36-28)16-22(35-27)18-32(2,3)4/h8-17H,18H2,1-7H3. The smallest absolute Gasteiger partial charge is 0.173 e. The van der Waals surface area contributed by atoms with Crippen molar-refractivity contribution in [3.63, 3.8) is 0 Å². The van der Waals surface area contributed by atoms with Gasteiger partial charge in [-0.15, -0.1) is 11.3 Å². The van der Waals surface area contributed by atoms with Crippen LogP contribution in [-0.4, -0.2) is 4.98 Å². The molecule has 0 aliphatic carbocycles. The number of furan rings is 2. The number of fused-ring (bicyclic) bond motifs is 3. The quantitative estimate of drug-likeness (QED) is 0.239. The van der Waals surface area contributed by atoms with Crippen molar-refractivity contribution in [2.24, 2.45) is 5.41 Å². The third kappa shape index (κ3) is 4.27. The summed E-state index contributed by atoms with van der Waals surface area (Å²) >= 11 is 1.75. The number of aryl methyl sites for hydroxylation is 1. The van der Waals surface area contributed by atoms with E-state index < -0.39 is 0 Å². The lowest BCUT2D eigenvalue weighted by Crippen LogP contribution is -2.12. The minimum Gasteiger partial charge on any atom is -0.457 e. The third-order valence-electron chi connectivity index (χ3n) is 6.98. The molecule has 0 unspecified atom stereocenters. The van der Waals surface area contributed by atoms with Crippen LogP contribution in [0.25, 0.3) is 53.9 Å². The first kappa shape index (κ1) is 24.0. The predicted octanol–water partition coefficient (Wildman–Crippen LogP) is 10.3. The first-order chi connectivity index (χ1) is 17.5. The lowest BCUT2D eigenvalue weighted by molar-refractivity contribution is 0.370. The highest BCUT2D eigenvalue weighted by molar-refractivity contribution is 7.23. The molecule has 0 saturated carbocycles. The van der Waals surface area contributed by atoms with Gasteiger partial charge in [-0.25, -0.2) is 0 Å². The van der Waals surface area contributed by atoms with Gasteiger partial charge in [0, 0.05) is 30.3 Å². The molecule has 0 bridgehead atoms. The number of hydrogen-bond acceptors (Lipinski definition) is 4. The summed E-state index contributed by atoms with van der Waals surface area (Å²) in [7, 11) is 0. The fraction of sp³-hybridized carbons (Fsp3) is 0.303. The zero-order valence-electron chi connectivity index (χ0n) is 22.7. The van der Waals surface area contributed by atoms with Crippen molar-refractivity contribution < 1.29 is 8.83 Å². The van der Waals surface area contributed by atoms with Crippen molar-refractivity contribution >= 4 is 43.4 Å². The Hall–Kier alpha value is -3.37. The first-order valence-corrected chi connectivity index (χ1v) is 13.7. The Balaban J connectivity index is 1.49. The van der Waals surface area contributed by atoms with Crippen molar-refractivity contribution in [2.45, 2.75) is 60.3 Å². The molecule has 0 radical (unpaired) electrons. The second-order valence-corrected chi connectivity index (χ2v) is 13.4. The van der Waals surface area contributed by atoms with Gasteiger partial charge in [0.15, 0.2) is 11.2 Å². The van der Waals surface area contributed by atoms with E-state index in [0.29, 0.717) is 0 Å². The van der Waals surface area contributed by atoms with Crippen molar-refractivity contribution in [2.75, 3.05) is 0 Å². The second kappa shape index (κ2) is 8.32. The lowest BCUT2D eigenvalue weighted by atomic mass is 9.82. The van der Waals surface area contributed by atoms with Gasteiger partial charge in [0.2, 0.25) is 0 Å². The summed E-state index contributed by atoms with van der Waals surface area (Å²) in [5, 5.41) is 3.77. The Morgan fingerprint density at radius 2 is 1.59 bits per heavy atom. The Morgan fingerprint density at radius 3 is 2.32 bits per heavy atom. The van der Waals surface area contributed by atoms with Crippen LogP contribution in [-0.2, 0) is 11.8 Å². The summed E-state index contributed by atoms with van der Waals surface area (Å²) in [6, 6.07) is 19.5. The summed E-state index contributed by atoms with van der Waals surface area (Å²) in [6.07, 6.45) is 2.81. The van der Waals surface area contributed by atoms with E-state index in [1.807, 2.05) is 18.3 Å². The van der Waals surface area contributed by atoms with E-state index in [-0.39, 0.29) is 10.8 Å². The molecule has 0 N–H and O–H groups in total. The highest BCUT2D eigenvalue weighted by Gasteiger charge is 2.23. The van der Waals surface area contributed by atoms with E-state index in [4.69, 9.17) is 13.8 Å². The van der Waals surface area contributed by atoms with E-state index >= 15 is 0 Å². The molecule has 0 fully saturated rings. The van der Waals surface area contributed by atoms with Crippen LogP contribution in [0.2, 0.25) is 0 Å². The Labute approximate surface area is 222 Å². The fourth-order valence-corrected chi connectivity index (χ4v) is 6.53. The van der Waals surface area contributed by atoms with Crippen molar-refractivity contribution in [3.05, 3.63) is 77.7 Å². The summed E-state index contributed by atoms with van der Waals surface area (Å²) in [6.45, 7) is 15.7. The topological polar surface area (TPSA) is 39.2 Å². The molecule has 0 aliphatic heterocycles. The SMILES string of the molecule is Cc1c(-c2cc3oc(CC(C)(C)C)cc3o2)sc2c(-c3cc(C(C)(C)C)c4ccccc4c3)nccc12. The van der Waals surface area contributed by atoms with Crippen LogP contribution in [0.1, 0.15) is 58.4 Å². The average Bonchev–Trinajstić information content (AvgIpc) is 3.47. The number of aromatic nitrogens is 1. The van der Waals surface area contributed by atoms with Crippen LogP contribution in [0.3, 0.4) is 0 Å². The number of pyridine rings is 1. The summed E-state index contributed by atoms with van der Waals surface area (Å²) in [4.78, 5) is 6.02. The third-order valence-corrected chi connectivity index (χ3v) is 8.31. The van der Waals surface area contributed by atoms with E-state index in [0.717, 1.165) is 45.2 Å². The number of nitrogens with zero attached hydrogens (tertiary/aromatic N) is 1. The van der Waals surface area contributed by atoms with Gasteiger partial charge in [-0.3, -0.25) is 4.98 Å².